The molecule has 7 nitrogen and oxygen atoms in total. The molecule has 176 valence electrons. The number of carbonyl (C=O) groups excluding carboxylic acids is 2. The second-order valence-electron chi connectivity index (χ2n) is 10.00. The predicted molar refractivity (Wildman–Crippen MR) is 129 cm³/mol. The third kappa shape index (κ3) is 3.75. The minimum absolute atomic E-state index is 0.00907. The van der Waals surface area contributed by atoms with Gasteiger partial charge in [0.1, 0.15) is 5.75 Å². The molecular formula is C27H30N4O3. The van der Waals surface area contributed by atoms with Gasteiger partial charge in [-0.15, -0.1) is 0 Å². The van der Waals surface area contributed by atoms with E-state index in [9.17, 15) is 9.59 Å². The number of amides is 2. The number of aromatic nitrogens is 2. The zero-order valence-corrected chi connectivity index (χ0v) is 19.8. The van der Waals surface area contributed by atoms with E-state index in [1.54, 1.807) is 4.90 Å². The van der Waals surface area contributed by atoms with E-state index < -0.39 is 11.6 Å². The summed E-state index contributed by atoms with van der Waals surface area (Å²) >= 11 is 0. The van der Waals surface area contributed by atoms with E-state index in [4.69, 9.17) is 4.74 Å². The van der Waals surface area contributed by atoms with Gasteiger partial charge in [-0.1, -0.05) is 61.9 Å². The minimum Gasteiger partial charge on any atom is -0.476 e. The molecular weight excluding hydrogens is 428 g/mol. The van der Waals surface area contributed by atoms with E-state index in [1.807, 2.05) is 81.4 Å². The first-order valence-electron chi connectivity index (χ1n) is 11.8. The van der Waals surface area contributed by atoms with Crippen LogP contribution in [0.5, 0.6) is 5.75 Å². The molecule has 5 rings (SSSR count). The third-order valence-corrected chi connectivity index (χ3v) is 7.30. The normalized spacial score (nSPS) is 18.5. The van der Waals surface area contributed by atoms with Gasteiger partial charge in [-0.3, -0.25) is 14.7 Å². The molecule has 3 aromatic rings. The summed E-state index contributed by atoms with van der Waals surface area (Å²) in [5.41, 5.74) is 1.49. The van der Waals surface area contributed by atoms with Gasteiger partial charge in [-0.2, -0.15) is 5.10 Å². The molecule has 7 heteroatoms. The zero-order valence-electron chi connectivity index (χ0n) is 19.8. The number of fused-ring (bicyclic) bond motifs is 1. The molecule has 0 saturated heterocycles. The minimum atomic E-state index is -0.799. The Morgan fingerprint density at radius 1 is 1.03 bits per heavy atom. The molecule has 0 bridgehead atoms. The summed E-state index contributed by atoms with van der Waals surface area (Å²) in [5.74, 6) is 0.985. The second-order valence-corrected chi connectivity index (χ2v) is 10.00. The van der Waals surface area contributed by atoms with Crippen molar-refractivity contribution in [2.45, 2.75) is 58.2 Å². The Kier molecular flexibility index (Phi) is 5.42. The Morgan fingerprint density at radius 3 is 2.29 bits per heavy atom. The molecule has 2 N–H and O–H groups in total. The van der Waals surface area contributed by atoms with E-state index in [-0.39, 0.29) is 17.2 Å². The maximum atomic E-state index is 14.0. The van der Waals surface area contributed by atoms with E-state index in [0.29, 0.717) is 18.1 Å². The Morgan fingerprint density at radius 2 is 1.68 bits per heavy atom. The van der Waals surface area contributed by atoms with Crippen molar-refractivity contribution in [3.8, 4) is 5.75 Å². The van der Waals surface area contributed by atoms with Crippen molar-refractivity contribution >= 4 is 17.6 Å². The number of ether oxygens (including phenoxy) is 1. The lowest BCUT2D eigenvalue weighted by atomic mass is 9.70. The molecule has 1 fully saturated rings. The summed E-state index contributed by atoms with van der Waals surface area (Å²) in [6.07, 6.45) is 2.04. The fraction of sp³-hybridized carbons (Fsp3) is 0.370. The van der Waals surface area contributed by atoms with Crippen LogP contribution in [0.1, 0.15) is 63.0 Å². The van der Waals surface area contributed by atoms with Gasteiger partial charge in [0.15, 0.2) is 5.82 Å². The summed E-state index contributed by atoms with van der Waals surface area (Å²) < 4.78 is 6.22. The van der Waals surface area contributed by atoms with Gasteiger partial charge < -0.3 is 15.0 Å². The molecule has 1 saturated carbocycles. The van der Waals surface area contributed by atoms with Crippen molar-refractivity contribution < 1.29 is 14.3 Å². The first-order chi connectivity index (χ1) is 16.3. The molecule has 2 amide bonds. The van der Waals surface area contributed by atoms with Crippen LogP contribution in [0, 0.1) is 5.41 Å². The smallest absolute Gasteiger partial charge is 0.269 e. The Bertz CT molecular complexity index is 1200. The summed E-state index contributed by atoms with van der Waals surface area (Å²) in [5, 5.41) is 10.5. The number of hydrogen-bond donors (Lipinski definition) is 2. The van der Waals surface area contributed by atoms with Crippen LogP contribution >= 0.6 is 0 Å². The van der Waals surface area contributed by atoms with Crippen molar-refractivity contribution in [3.05, 3.63) is 77.5 Å². The van der Waals surface area contributed by atoms with Gasteiger partial charge >= 0.3 is 0 Å². The standard InChI is InChI=1S/C27H30N4O3/c1-26(2)22-20(23(30-29-22)28-25(33)27(3)15-10-16-27)17-31(26)24(32)21(18-11-6-4-7-12-18)34-19-13-8-5-9-14-19/h4-9,11-14,21H,10,15-17H2,1-3H3,(H2,28,29,30,33). The number of aromatic amines is 1. The summed E-state index contributed by atoms with van der Waals surface area (Å²) in [7, 11) is 0. The number of anilines is 1. The van der Waals surface area contributed by atoms with Crippen LogP contribution in [-0.4, -0.2) is 26.9 Å². The van der Waals surface area contributed by atoms with Gasteiger partial charge in [0, 0.05) is 16.5 Å². The number of nitrogens with zero attached hydrogens (tertiary/aromatic N) is 2. The lowest BCUT2D eigenvalue weighted by Crippen LogP contribution is -2.44. The maximum Gasteiger partial charge on any atom is 0.269 e. The van der Waals surface area contributed by atoms with E-state index in [2.05, 4.69) is 15.5 Å². The molecule has 0 radical (unpaired) electrons. The number of hydrogen-bond acceptors (Lipinski definition) is 4. The highest BCUT2D eigenvalue weighted by atomic mass is 16.5. The van der Waals surface area contributed by atoms with Gasteiger partial charge in [-0.05, 0) is 38.8 Å². The number of rotatable bonds is 6. The van der Waals surface area contributed by atoms with Crippen molar-refractivity contribution in [2.75, 3.05) is 5.32 Å². The highest BCUT2D eigenvalue weighted by Gasteiger charge is 2.47. The molecule has 0 spiro atoms. The molecule has 1 aromatic heterocycles. The fourth-order valence-electron chi connectivity index (χ4n) is 4.83. The largest absolute Gasteiger partial charge is 0.476 e. The molecule has 1 atom stereocenters. The highest BCUT2D eigenvalue weighted by molar-refractivity contribution is 5.96. The lowest BCUT2D eigenvalue weighted by molar-refractivity contribution is -0.144. The molecule has 2 aliphatic rings. The summed E-state index contributed by atoms with van der Waals surface area (Å²) in [6.45, 7) is 6.30. The monoisotopic (exact) mass is 458 g/mol. The molecule has 1 unspecified atom stereocenters. The number of H-pyrrole nitrogens is 1. The van der Waals surface area contributed by atoms with Crippen molar-refractivity contribution in [1.82, 2.24) is 15.1 Å². The quantitative estimate of drug-likeness (QED) is 0.548. The Labute approximate surface area is 199 Å². The van der Waals surface area contributed by atoms with Gasteiger partial charge in [-0.25, -0.2) is 0 Å². The molecule has 2 aromatic carbocycles. The van der Waals surface area contributed by atoms with Crippen LogP contribution in [0.25, 0.3) is 0 Å². The predicted octanol–water partition coefficient (Wildman–Crippen LogP) is 4.94. The maximum absolute atomic E-state index is 14.0. The van der Waals surface area contributed by atoms with Crippen molar-refractivity contribution in [2.24, 2.45) is 5.41 Å². The SMILES string of the molecule is CC1(C(=O)Nc2n[nH]c3c2CN(C(=O)C(Oc2ccccc2)c2ccccc2)C3(C)C)CCC1. The first-order valence-corrected chi connectivity index (χ1v) is 11.8. The number of para-hydroxylation sites is 1. The third-order valence-electron chi connectivity index (χ3n) is 7.30. The number of benzene rings is 2. The fourth-order valence-corrected chi connectivity index (χ4v) is 4.83. The van der Waals surface area contributed by atoms with Crippen LogP contribution in [0.3, 0.4) is 0 Å². The molecule has 34 heavy (non-hydrogen) atoms. The Hall–Kier alpha value is -3.61. The summed E-state index contributed by atoms with van der Waals surface area (Å²) in [6, 6.07) is 18.9. The number of carbonyl (C=O) groups is 2. The van der Waals surface area contributed by atoms with Crippen molar-refractivity contribution in [3.63, 3.8) is 0 Å². The first kappa shape index (κ1) is 22.2. The topological polar surface area (TPSA) is 87.3 Å². The average Bonchev–Trinajstić information content (AvgIpc) is 3.34. The van der Waals surface area contributed by atoms with Gasteiger partial charge in [0.2, 0.25) is 12.0 Å². The zero-order chi connectivity index (χ0) is 23.9. The lowest BCUT2D eigenvalue weighted by Gasteiger charge is -2.36. The van der Waals surface area contributed by atoms with E-state index >= 15 is 0 Å². The van der Waals surface area contributed by atoms with Gasteiger partial charge in [0.05, 0.1) is 17.8 Å². The van der Waals surface area contributed by atoms with Crippen LogP contribution in [0.2, 0.25) is 0 Å². The van der Waals surface area contributed by atoms with Crippen LogP contribution in [0.15, 0.2) is 60.7 Å². The summed E-state index contributed by atoms with van der Waals surface area (Å²) in [4.78, 5) is 28.6. The van der Waals surface area contributed by atoms with Crippen LogP contribution in [0.4, 0.5) is 5.82 Å². The van der Waals surface area contributed by atoms with Crippen molar-refractivity contribution in [1.29, 1.82) is 0 Å². The van der Waals surface area contributed by atoms with E-state index in [1.165, 1.54) is 0 Å². The molecule has 2 heterocycles. The van der Waals surface area contributed by atoms with E-state index in [0.717, 1.165) is 36.1 Å². The molecule has 1 aliphatic carbocycles. The Balaban J connectivity index is 1.42. The second kappa shape index (κ2) is 8.31. The van der Waals surface area contributed by atoms with Gasteiger partial charge in [0.25, 0.3) is 5.91 Å². The highest BCUT2D eigenvalue weighted by Crippen LogP contribution is 2.44. The molecule has 1 aliphatic heterocycles. The van der Waals surface area contributed by atoms with Crippen LogP contribution in [-0.2, 0) is 21.7 Å². The average molecular weight is 459 g/mol. The van der Waals surface area contributed by atoms with Crippen LogP contribution < -0.4 is 10.1 Å². The number of nitrogens with one attached hydrogen (secondary N) is 2.